The number of anilines is 1. The highest BCUT2D eigenvalue weighted by Crippen LogP contribution is 2.30. The van der Waals surface area contributed by atoms with Crippen molar-refractivity contribution < 1.29 is 4.39 Å². The van der Waals surface area contributed by atoms with Gasteiger partial charge in [-0.3, -0.25) is 0 Å². The van der Waals surface area contributed by atoms with E-state index < -0.39 is 0 Å². The van der Waals surface area contributed by atoms with Gasteiger partial charge in [0.1, 0.15) is 10.8 Å². The van der Waals surface area contributed by atoms with E-state index in [-0.39, 0.29) is 11.9 Å². The second-order valence-electron chi connectivity index (χ2n) is 4.51. The Labute approximate surface area is 125 Å². The molecule has 1 atom stereocenters. The molecule has 0 bridgehead atoms. The van der Waals surface area contributed by atoms with Crippen LogP contribution in [0.2, 0.25) is 5.02 Å². The molecule has 0 radical (unpaired) electrons. The minimum absolute atomic E-state index is 0.00959. The van der Waals surface area contributed by atoms with Crippen molar-refractivity contribution in [2.45, 2.75) is 13.0 Å². The summed E-state index contributed by atoms with van der Waals surface area (Å²) in [6, 6.07) is 12.4. The fourth-order valence-electron chi connectivity index (χ4n) is 1.98. The zero-order chi connectivity index (χ0) is 14.1. The molecule has 0 fully saturated rings. The summed E-state index contributed by atoms with van der Waals surface area (Å²) >= 11 is 7.66. The van der Waals surface area contributed by atoms with E-state index in [9.17, 15) is 4.39 Å². The highest BCUT2D eigenvalue weighted by Gasteiger charge is 2.12. The van der Waals surface area contributed by atoms with Crippen LogP contribution in [0.3, 0.4) is 0 Å². The Morgan fingerprint density at radius 2 is 2.05 bits per heavy atom. The number of nitrogens with zero attached hydrogens (tertiary/aromatic N) is 1. The van der Waals surface area contributed by atoms with Gasteiger partial charge in [-0.15, -0.1) is 11.3 Å². The van der Waals surface area contributed by atoms with Gasteiger partial charge >= 0.3 is 0 Å². The SMILES string of the molecule is CC(Nc1ccc(F)cc1Cl)c1nc2ccccc2s1. The summed E-state index contributed by atoms with van der Waals surface area (Å²) in [6.07, 6.45) is 0. The molecule has 1 aromatic heterocycles. The van der Waals surface area contributed by atoms with E-state index in [0.29, 0.717) is 10.7 Å². The lowest BCUT2D eigenvalue weighted by Crippen LogP contribution is -2.06. The second kappa shape index (κ2) is 5.38. The maximum Gasteiger partial charge on any atom is 0.124 e. The molecule has 3 aromatic rings. The van der Waals surface area contributed by atoms with Crippen LogP contribution in [0.4, 0.5) is 10.1 Å². The normalized spacial score (nSPS) is 12.6. The average Bonchev–Trinajstić information content (AvgIpc) is 2.86. The van der Waals surface area contributed by atoms with E-state index in [1.807, 2.05) is 31.2 Å². The van der Waals surface area contributed by atoms with Crippen LogP contribution in [0.25, 0.3) is 10.2 Å². The molecule has 0 aliphatic heterocycles. The smallest absolute Gasteiger partial charge is 0.124 e. The molecule has 1 heterocycles. The lowest BCUT2D eigenvalue weighted by atomic mass is 10.2. The Bertz CT molecular complexity index is 723. The molecule has 2 aromatic carbocycles. The highest BCUT2D eigenvalue weighted by molar-refractivity contribution is 7.18. The van der Waals surface area contributed by atoms with Crippen LogP contribution in [0.15, 0.2) is 42.5 Å². The van der Waals surface area contributed by atoms with E-state index in [4.69, 9.17) is 11.6 Å². The molecular formula is C15H12ClFN2S. The first-order chi connectivity index (χ1) is 9.63. The number of aromatic nitrogens is 1. The van der Waals surface area contributed by atoms with E-state index in [1.165, 1.54) is 12.1 Å². The van der Waals surface area contributed by atoms with E-state index >= 15 is 0 Å². The van der Waals surface area contributed by atoms with Gasteiger partial charge in [0.2, 0.25) is 0 Å². The molecule has 0 spiro atoms. The van der Waals surface area contributed by atoms with E-state index in [0.717, 1.165) is 15.2 Å². The minimum Gasteiger partial charge on any atom is -0.375 e. The number of hydrogen-bond acceptors (Lipinski definition) is 3. The number of nitrogens with one attached hydrogen (secondary N) is 1. The number of benzene rings is 2. The zero-order valence-electron chi connectivity index (χ0n) is 10.7. The predicted molar refractivity (Wildman–Crippen MR) is 83.1 cm³/mol. The first-order valence-electron chi connectivity index (χ1n) is 6.20. The topological polar surface area (TPSA) is 24.9 Å². The van der Waals surface area contributed by atoms with Gasteiger partial charge in [0, 0.05) is 0 Å². The summed E-state index contributed by atoms with van der Waals surface area (Å²) in [5.41, 5.74) is 1.70. The molecule has 0 aliphatic rings. The molecule has 1 N–H and O–H groups in total. The first kappa shape index (κ1) is 13.3. The molecule has 1 unspecified atom stereocenters. The first-order valence-corrected chi connectivity index (χ1v) is 7.40. The molecule has 0 amide bonds. The van der Waals surface area contributed by atoms with Gasteiger partial charge in [-0.1, -0.05) is 23.7 Å². The summed E-state index contributed by atoms with van der Waals surface area (Å²) in [5, 5.41) is 4.62. The molecule has 5 heteroatoms. The lowest BCUT2D eigenvalue weighted by molar-refractivity contribution is 0.628. The van der Waals surface area contributed by atoms with Crippen LogP contribution in [-0.2, 0) is 0 Å². The van der Waals surface area contributed by atoms with Crippen LogP contribution < -0.4 is 5.32 Å². The van der Waals surface area contributed by atoms with Gasteiger partial charge < -0.3 is 5.32 Å². The summed E-state index contributed by atoms with van der Waals surface area (Å²) in [5.74, 6) is -0.340. The van der Waals surface area contributed by atoms with E-state index in [2.05, 4.69) is 10.3 Å². The number of hydrogen-bond donors (Lipinski definition) is 1. The predicted octanol–water partition coefficient (Wildman–Crippen LogP) is 5.26. The number of para-hydroxylation sites is 1. The van der Waals surface area contributed by atoms with E-state index in [1.54, 1.807) is 17.4 Å². The van der Waals surface area contributed by atoms with Crippen molar-refractivity contribution in [1.29, 1.82) is 0 Å². The maximum absolute atomic E-state index is 13.0. The summed E-state index contributed by atoms with van der Waals surface area (Å²) in [6.45, 7) is 2.01. The van der Waals surface area contributed by atoms with Crippen LogP contribution in [0.1, 0.15) is 18.0 Å². The van der Waals surface area contributed by atoms with Crippen LogP contribution in [0.5, 0.6) is 0 Å². The number of thiazole rings is 1. The third-order valence-electron chi connectivity index (χ3n) is 2.98. The summed E-state index contributed by atoms with van der Waals surface area (Å²) in [4.78, 5) is 4.59. The number of fused-ring (bicyclic) bond motifs is 1. The third-order valence-corrected chi connectivity index (χ3v) is 4.52. The number of rotatable bonds is 3. The molecule has 0 saturated heterocycles. The molecule has 20 heavy (non-hydrogen) atoms. The Kier molecular flexibility index (Phi) is 3.59. The van der Waals surface area contributed by atoms with Crippen molar-refractivity contribution in [3.05, 3.63) is 58.3 Å². The van der Waals surface area contributed by atoms with Crippen molar-refractivity contribution >= 4 is 38.8 Å². The fraction of sp³-hybridized carbons (Fsp3) is 0.133. The van der Waals surface area contributed by atoms with Gasteiger partial charge in [-0.25, -0.2) is 9.37 Å². The van der Waals surface area contributed by atoms with Crippen molar-refractivity contribution in [3.63, 3.8) is 0 Å². The Hall–Kier alpha value is -1.65. The molecule has 0 saturated carbocycles. The van der Waals surface area contributed by atoms with Crippen molar-refractivity contribution in [2.75, 3.05) is 5.32 Å². The number of halogens is 2. The average molecular weight is 307 g/mol. The Morgan fingerprint density at radius 1 is 1.25 bits per heavy atom. The summed E-state index contributed by atoms with van der Waals surface area (Å²) < 4.78 is 14.2. The molecular weight excluding hydrogens is 295 g/mol. The van der Waals surface area contributed by atoms with Gasteiger partial charge in [-0.2, -0.15) is 0 Å². The van der Waals surface area contributed by atoms with Crippen LogP contribution in [0, 0.1) is 5.82 Å². The van der Waals surface area contributed by atoms with Crippen molar-refractivity contribution in [3.8, 4) is 0 Å². The van der Waals surface area contributed by atoms with Gasteiger partial charge in [0.15, 0.2) is 0 Å². The van der Waals surface area contributed by atoms with Crippen molar-refractivity contribution in [1.82, 2.24) is 4.98 Å². The molecule has 3 rings (SSSR count). The van der Waals surface area contributed by atoms with Gasteiger partial charge in [0.05, 0.1) is 27.0 Å². The standard InChI is InChI=1S/C15H12ClFN2S/c1-9(18-12-7-6-10(17)8-11(12)16)15-19-13-4-2-3-5-14(13)20-15/h2-9,18H,1H3. The monoisotopic (exact) mass is 306 g/mol. The molecule has 2 nitrogen and oxygen atoms in total. The quantitative estimate of drug-likeness (QED) is 0.713. The Morgan fingerprint density at radius 3 is 2.80 bits per heavy atom. The van der Waals surface area contributed by atoms with Gasteiger partial charge in [-0.05, 0) is 37.3 Å². The Balaban J connectivity index is 1.86. The molecule has 102 valence electrons. The third kappa shape index (κ3) is 2.62. The van der Waals surface area contributed by atoms with Crippen LogP contribution >= 0.6 is 22.9 Å². The largest absolute Gasteiger partial charge is 0.375 e. The van der Waals surface area contributed by atoms with Crippen LogP contribution in [-0.4, -0.2) is 4.98 Å². The second-order valence-corrected chi connectivity index (χ2v) is 5.98. The van der Waals surface area contributed by atoms with Crippen molar-refractivity contribution in [2.24, 2.45) is 0 Å². The maximum atomic E-state index is 13.0. The zero-order valence-corrected chi connectivity index (χ0v) is 12.3. The summed E-state index contributed by atoms with van der Waals surface area (Å²) in [7, 11) is 0. The van der Waals surface area contributed by atoms with Gasteiger partial charge in [0.25, 0.3) is 0 Å². The fourth-order valence-corrected chi connectivity index (χ4v) is 3.17. The lowest BCUT2D eigenvalue weighted by Gasteiger charge is -2.13. The minimum atomic E-state index is -0.340. The molecule has 0 aliphatic carbocycles. The highest BCUT2D eigenvalue weighted by atomic mass is 35.5.